The molecule has 0 fully saturated rings. The van der Waals surface area contributed by atoms with Gasteiger partial charge in [0, 0.05) is 61.7 Å². The number of carbonyl (C=O) groups is 2. The van der Waals surface area contributed by atoms with E-state index in [-0.39, 0.29) is 11.8 Å². The highest BCUT2D eigenvalue weighted by atomic mass is 16.5. The Morgan fingerprint density at radius 2 is 1.83 bits per heavy atom. The van der Waals surface area contributed by atoms with Gasteiger partial charge in [-0.2, -0.15) is 0 Å². The number of methoxy groups -OCH3 is 1. The molecule has 0 atom stereocenters. The van der Waals surface area contributed by atoms with Crippen molar-refractivity contribution in [1.29, 1.82) is 0 Å². The van der Waals surface area contributed by atoms with Gasteiger partial charge in [-0.3, -0.25) is 14.5 Å². The number of hydrogen-bond acceptors (Lipinski definition) is 6. The van der Waals surface area contributed by atoms with E-state index in [1.54, 1.807) is 25.4 Å². The van der Waals surface area contributed by atoms with Gasteiger partial charge in [0.05, 0.1) is 13.7 Å². The van der Waals surface area contributed by atoms with Crippen molar-refractivity contribution in [1.82, 2.24) is 20.1 Å². The summed E-state index contributed by atoms with van der Waals surface area (Å²) in [6.07, 6.45) is 3.96. The fourth-order valence-electron chi connectivity index (χ4n) is 5.40. The van der Waals surface area contributed by atoms with E-state index in [4.69, 9.17) is 14.2 Å². The topological polar surface area (TPSA) is 96.1 Å². The van der Waals surface area contributed by atoms with Gasteiger partial charge in [-0.25, -0.2) is 0 Å². The Morgan fingerprint density at radius 1 is 0.976 bits per heavy atom. The number of nitrogens with zero attached hydrogens (tertiary/aromatic N) is 2. The van der Waals surface area contributed by atoms with Gasteiger partial charge >= 0.3 is 0 Å². The average molecular weight is 561 g/mol. The SMILES string of the molecule is COc1ccc2cc1-c1cc3c(c(c1)OCCCN(C(=O)c1ccc[nH]1)CCCCNC2=O)OCCN(C(C)C)C3. The van der Waals surface area contributed by atoms with Gasteiger partial charge in [0.25, 0.3) is 11.8 Å². The molecular formula is C32H40N4O5. The van der Waals surface area contributed by atoms with Crippen molar-refractivity contribution in [2.24, 2.45) is 0 Å². The molecule has 0 radical (unpaired) electrons. The van der Waals surface area contributed by atoms with Gasteiger partial charge in [0.15, 0.2) is 11.5 Å². The number of benzene rings is 2. The summed E-state index contributed by atoms with van der Waals surface area (Å²) >= 11 is 0. The number of carbonyl (C=O) groups excluding carboxylic acids is 2. The molecule has 0 saturated heterocycles. The summed E-state index contributed by atoms with van der Waals surface area (Å²) in [6.45, 7) is 8.58. The van der Waals surface area contributed by atoms with Crippen LogP contribution in [0, 0.1) is 0 Å². The maximum absolute atomic E-state index is 13.2. The van der Waals surface area contributed by atoms with Crippen LogP contribution in [0.15, 0.2) is 48.7 Å². The van der Waals surface area contributed by atoms with Gasteiger partial charge in [-0.05, 0) is 81.1 Å². The third-order valence-corrected chi connectivity index (χ3v) is 7.72. The van der Waals surface area contributed by atoms with Crippen LogP contribution in [0.4, 0.5) is 0 Å². The molecule has 9 heteroatoms. The van der Waals surface area contributed by atoms with Crippen LogP contribution in [0.2, 0.25) is 0 Å². The molecule has 218 valence electrons. The first-order valence-corrected chi connectivity index (χ1v) is 14.5. The van der Waals surface area contributed by atoms with Gasteiger partial charge in [-0.15, -0.1) is 0 Å². The summed E-state index contributed by atoms with van der Waals surface area (Å²) in [4.78, 5) is 33.5. The highest BCUT2D eigenvalue weighted by molar-refractivity contribution is 5.96. The molecule has 0 unspecified atom stereocenters. The van der Waals surface area contributed by atoms with E-state index in [0.29, 0.717) is 68.1 Å². The van der Waals surface area contributed by atoms with Crippen molar-refractivity contribution in [2.75, 3.05) is 46.5 Å². The van der Waals surface area contributed by atoms with Crippen LogP contribution in [0.1, 0.15) is 59.5 Å². The van der Waals surface area contributed by atoms with Gasteiger partial charge in [0.2, 0.25) is 0 Å². The summed E-state index contributed by atoms with van der Waals surface area (Å²) < 4.78 is 18.4. The lowest BCUT2D eigenvalue weighted by Gasteiger charge is -2.24. The van der Waals surface area contributed by atoms with Gasteiger partial charge < -0.3 is 29.4 Å². The number of amides is 2. The number of fused-ring (bicyclic) bond motifs is 7. The molecule has 0 aliphatic carbocycles. The number of aromatic nitrogens is 1. The Balaban J connectivity index is 1.51. The third kappa shape index (κ3) is 6.68. The molecule has 2 amide bonds. The predicted molar refractivity (Wildman–Crippen MR) is 158 cm³/mol. The van der Waals surface area contributed by atoms with E-state index >= 15 is 0 Å². The minimum Gasteiger partial charge on any atom is -0.496 e. The Kier molecular flexibility index (Phi) is 9.14. The molecule has 2 aliphatic heterocycles. The second kappa shape index (κ2) is 13.1. The summed E-state index contributed by atoms with van der Waals surface area (Å²) in [5.41, 5.74) is 3.88. The maximum Gasteiger partial charge on any atom is 0.270 e. The monoisotopic (exact) mass is 560 g/mol. The molecule has 5 rings (SSSR count). The number of H-pyrrole nitrogens is 1. The minimum atomic E-state index is -0.141. The molecule has 3 aromatic rings. The fraction of sp³-hybridized carbons (Fsp3) is 0.438. The number of ether oxygens (including phenoxy) is 3. The van der Waals surface area contributed by atoms with Crippen LogP contribution in [0.3, 0.4) is 0 Å². The average Bonchev–Trinajstić information content (AvgIpc) is 3.43. The zero-order valence-corrected chi connectivity index (χ0v) is 24.2. The predicted octanol–water partition coefficient (Wildman–Crippen LogP) is 4.73. The lowest BCUT2D eigenvalue weighted by Crippen LogP contribution is -2.34. The highest BCUT2D eigenvalue weighted by Crippen LogP contribution is 2.41. The smallest absolute Gasteiger partial charge is 0.270 e. The highest BCUT2D eigenvalue weighted by Gasteiger charge is 2.24. The van der Waals surface area contributed by atoms with Crippen LogP contribution in [-0.4, -0.2) is 79.1 Å². The second-order valence-corrected chi connectivity index (χ2v) is 10.8. The largest absolute Gasteiger partial charge is 0.496 e. The van der Waals surface area contributed by atoms with E-state index in [1.165, 1.54) is 0 Å². The van der Waals surface area contributed by atoms with E-state index < -0.39 is 0 Å². The summed E-state index contributed by atoms with van der Waals surface area (Å²) in [5, 5.41) is 3.04. The second-order valence-electron chi connectivity index (χ2n) is 10.8. The Labute approximate surface area is 241 Å². The quantitative estimate of drug-likeness (QED) is 0.481. The fourth-order valence-corrected chi connectivity index (χ4v) is 5.40. The van der Waals surface area contributed by atoms with Crippen molar-refractivity contribution < 1.29 is 23.8 Å². The van der Waals surface area contributed by atoms with E-state index in [1.807, 2.05) is 29.2 Å². The standard InChI is InChI=1S/C32H40N4O5/c1-22(2)36-15-17-41-30-25(21-36)18-24-20-29(30)40-16-7-14-35(32(38)27-8-6-12-33-27)13-5-4-11-34-31(37)23-9-10-28(39-3)26(24)19-23/h6,8-10,12,18-20,22,33H,4-5,7,11,13-17,21H2,1-3H3,(H,34,37). The van der Waals surface area contributed by atoms with Crippen molar-refractivity contribution in [3.05, 3.63) is 65.5 Å². The number of nitrogens with one attached hydrogen (secondary N) is 2. The van der Waals surface area contributed by atoms with Crippen LogP contribution in [0.25, 0.3) is 11.1 Å². The first-order chi connectivity index (χ1) is 19.9. The summed E-state index contributed by atoms with van der Waals surface area (Å²) in [6, 6.07) is 13.6. The van der Waals surface area contributed by atoms with Crippen LogP contribution < -0.4 is 19.5 Å². The van der Waals surface area contributed by atoms with Crippen molar-refractivity contribution in [3.63, 3.8) is 0 Å². The van der Waals surface area contributed by atoms with E-state index in [9.17, 15) is 9.59 Å². The number of aromatic amines is 1. The van der Waals surface area contributed by atoms with Gasteiger partial charge in [-0.1, -0.05) is 0 Å². The normalized spacial score (nSPS) is 17.0. The molecule has 41 heavy (non-hydrogen) atoms. The molecule has 4 bridgehead atoms. The molecular weight excluding hydrogens is 520 g/mol. The van der Waals surface area contributed by atoms with Crippen molar-refractivity contribution in [3.8, 4) is 28.4 Å². The molecule has 9 nitrogen and oxygen atoms in total. The zero-order chi connectivity index (χ0) is 28.8. The molecule has 2 aromatic carbocycles. The van der Waals surface area contributed by atoms with Crippen molar-refractivity contribution >= 4 is 11.8 Å². The first kappa shape index (κ1) is 28.5. The molecule has 3 heterocycles. The maximum atomic E-state index is 13.2. The number of hydrogen-bond donors (Lipinski definition) is 2. The van der Waals surface area contributed by atoms with E-state index in [0.717, 1.165) is 48.4 Å². The third-order valence-electron chi connectivity index (χ3n) is 7.72. The summed E-state index contributed by atoms with van der Waals surface area (Å²) in [5.74, 6) is 1.92. The van der Waals surface area contributed by atoms with Crippen LogP contribution >= 0.6 is 0 Å². The first-order valence-electron chi connectivity index (χ1n) is 14.5. The van der Waals surface area contributed by atoms with Gasteiger partial charge in [0.1, 0.15) is 18.1 Å². The van der Waals surface area contributed by atoms with Crippen molar-refractivity contribution in [2.45, 2.75) is 45.7 Å². The molecule has 0 spiro atoms. The molecule has 2 N–H and O–H groups in total. The molecule has 0 saturated carbocycles. The Morgan fingerprint density at radius 3 is 2.61 bits per heavy atom. The Bertz CT molecular complexity index is 1350. The lowest BCUT2D eigenvalue weighted by molar-refractivity contribution is 0.0737. The summed E-state index contributed by atoms with van der Waals surface area (Å²) in [7, 11) is 1.64. The Hall–Kier alpha value is -3.98. The van der Waals surface area contributed by atoms with E-state index in [2.05, 4.69) is 35.1 Å². The van der Waals surface area contributed by atoms with Crippen LogP contribution in [0.5, 0.6) is 17.2 Å². The lowest BCUT2D eigenvalue weighted by atomic mass is 9.98. The minimum absolute atomic E-state index is 0.0342. The van der Waals surface area contributed by atoms with Crippen LogP contribution in [-0.2, 0) is 6.54 Å². The zero-order valence-electron chi connectivity index (χ0n) is 24.2. The molecule has 1 aromatic heterocycles. The molecule has 2 aliphatic rings. The number of rotatable bonds is 3.